The standard InChI is InChI=1S/C18H22N2O.C17H19FN2O.C16H19N3O.C8H13NO5.C8H15NO.2C7H15NO.C6H13NO/c1-13-7-5-6-8-16(13)17-10-9-15(12-20-17)11-18(3,19-4)14(2)21;1-11-8-14(18)5-6-15(11)16-7-4-13(10-20-16)9-17(19-3)12(2)21;1-11-6-4-5-7-14(11)16-18-9-13(10-19-16)8-15(17-3)12(2)20;1-4(10)6(9-2)3-5(7(11)12)8(13)14;1-7(10)8(2)5-4-6-9(8)3;1-5-7(3,8-4)6(2)9;1-4-5-7(8-3)6(2)9;1-5(8)6(2,3)7-4/h5-10,12,19H,11H2,1-4H3;4-8,10,17,19H,9H2,1-3H3;4-7,9-10,15,17H,8H2,1-3H3;5-6,9H,3H2,1-2H3,(H,11,12)(H,13,14);4-6H2,1-3H3;8H,5H2,1-4H3;7-8H,4-5H2,1-3H3;7H,1-4H3/t18-;17-;15-;6-;8-;2*7-;/m0000100./s1. The summed E-state index contributed by atoms with van der Waals surface area (Å²) in [5, 5.41) is 37.6. The van der Waals surface area contributed by atoms with E-state index in [1.54, 1.807) is 94.3 Å². The molecule has 0 radical (unpaired) electrons. The van der Waals surface area contributed by atoms with Crippen LogP contribution in [0.3, 0.4) is 0 Å². The molecule has 24 nitrogen and oxygen atoms in total. The number of likely N-dealkylation sites (N-methyl/N-ethyl adjacent to an activating group) is 8. The fraction of sp³-hybridized carbons (Fsp3) is 0.517. The van der Waals surface area contributed by atoms with Crippen LogP contribution in [0.25, 0.3) is 33.9 Å². The van der Waals surface area contributed by atoms with Crippen molar-refractivity contribution < 1.29 is 62.5 Å². The smallest absolute Gasteiger partial charge is 0.317 e. The number of carbonyl (C=O) groups excluding carboxylic acids is 8. The highest BCUT2D eigenvalue weighted by Gasteiger charge is 2.38. The third-order valence-electron chi connectivity index (χ3n) is 20.7. The van der Waals surface area contributed by atoms with Crippen molar-refractivity contribution in [3.05, 3.63) is 155 Å². The van der Waals surface area contributed by atoms with Gasteiger partial charge < -0.3 is 47.4 Å². The summed E-state index contributed by atoms with van der Waals surface area (Å²) in [5.74, 6) is -2.95. The summed E-state index contributed by atoms with van der Waals surface area (Å²) in [4.78, 5) is 130. The molecule has 0 saturated carbocycles. The van der Waals surface area contributed by atoms with E-state index in [4.69, 9.17) is 10.2 Å². The summed E-state index contributed by atoms with van der Waals surface area (Å²) in [6, 6.07) is 27.8. The maximum atomic E-state index is 13.1. The van der Waals surface area contributed by atoms with E-state index in [1.807, 2.05) is 150 Å². The van der Waals surface area contributed by atoms with Gasteiger partial charge in [-0.2, -0.15) is 0 Å². The number of carboxylic acid groups (broad SMARTS) is 2. The predicted octanol–water partition coefficient (Wildman–Crippen LogP) is 11.2. The van der Waals surface area contributed by atoms with Gasteiger partial charge >= 0.3 is 11.9 Å². The van der Waals surface area contributed by atoms with Gasteiger partial charge in [-0.05, 0) is 289 Å². The molecule has 25 heteroatoms. The molecule has 1 aliphatic heterocycles. The highest BCUT2D eigenvalue weighted by molar-refractivity contribution is 5.94. The van der Waals surface area contributed by atoms with Gasteiger partial charge in [0.2, 0.25) is 0 Å². The van der Waals surface area contributed by atoms with Crippen LogP contribution in [0, 0.1) is 32.5 Å². The predicted molar refractivity (Wildman–Crippen MR) is 446 cm³/mol. The number of halogens is 1. The summed E-state index contributed by atoms with van der Waals surface area (Å²) >= 11 is 0. The number of Topliss-reactive ketones (excluding diaryl/α,β-unsaturated/α-hetero) is 8. The van der Waals surface area contributed by atoms with Crippen molar-refractivity contribution in [1.82, 2.24) is 62.1 Å². The monoisotopic (exact) mass is 1550 g/mol. The Labute approximate surface area is 666 Å². The lowest BCUT2D eigenvalue weighted by molar-refractivity contribution is -0.155. The van der Waals surface area contributed by atoms with Gasteiger partial charge in [-0.25, -0.2) is 14.4 Å². The average molecular weight is 1560 g/mol. The molecular formula is C87H131FN12O12. The van der Waals surface area contributed by atoms with Crippen LogP contribution in [0.5, 0.6) is 0 Å². The Hall–Kier alpha value is -9.05. The zero-order chi connectivity index (χ0) is 86.0. The summed E-state index contributed by atoms with van der Waals surface area (Å²) < 4.78 is 13.1. The van der Waals surface area contributed by atoms with Crippen LogP contribution in [0.15, 0.2) is 116 Å². The van der Waals surface area contributed by atoms with E-state index in [1.165, 1.54) is 31.7 Å². The first kappa shape index (κ1) is 103. The molecular weight excluding hydrogens is 1420 g/mol. The molecule has 0 aliphatic carbocycles. The number of aryl methyl sites for hydroxylation is 3. The van der Waals surface area contributed by atoms with Gasteiger partial charge in [0.25, 0.3) is 0 Å². The number of ketones is 8. The van der Waals surface area contributed by atoms with Gasteiger partial charge in [-0.15, -0.1) is 0 Å². The van der Waals surface area contributed by atoms with Gasteiger partial charge in [0.05, 0.1) is 57.7 Å². The topological polar surface area (TPSA) is 350 Å². The average Bonchev–Trinajstić information content (AvgIpc) is 1.64. The van der Waals surface area contributed by atoms with Crippen molar-refractivity contribution in [2.45, 2.75) is 229 Å². The number of nitrogens with zero attached hydrogens (tertiary/aromatic N) is 5. The molecule has 0 spiro atoms. The van der Waals surface area contributed by atoms with E-state index in [2.05, 4.69) is 88.0 Å². The maximum absolute atomic E-state index is 13.1. The summed E-state index contributed by atoms with van der Waals surface area (Å²) in [5.41, 5.74) is 9.75. The number of nitrogens with one attached hydrogen (secondary N) is 7. The number of benzene rings is 3. The highest BCUT2D eigenvalue weighted by Crippen LogP contribution is 2.28. The minimum absolute atomic E-state index is 0.0787. The second-order valence-corrected chi connectivity index (χ2v) is 29.2. The molecule has 0 amide bonds. The van der Waals surface area contributed by atoms with E-state index in [0.717, 1.165) is 100 Å². The van der Waals surface area contributed by atoms with Crippen LogP contribution in [0.2, 0.25) is 0 Å². The Balaban J connectivity index is 0.00000129. The summed E-state index contributed by atoms with van der Waals surface area (Å²) in [6.45, 7) is 33.3. The fourth-order valence-corrected chi connectivity index (χ4v) is 10.9. The highest BCUT2D eigenvalue weighted by atomic mass is 19.1. The number of carbonyl (C=O) groups is 10. The lowest BCUT2D eigenvalue weighted by Crippen LogP contribution is -2.48. The molecule has 9 N–H and O–H groups in total. The van der Waals surface area contributed by atoms with Crippen molar-refractivity contribution >= 4 is 58.2 Å². The Morgan fingerprint density at radius 3 is 1.22 bits per heavy atom. The number of aliphatic carboxylic acids is 2. The fourth-order valence-electron chi connectivity index (χ4n) is 10.9. The number of carboxylic acids is 2. The van der Waals surface area contributed by atoms with Gasteiger partial charge in [0, 0.05) is 41.5 Å². The van der Waals surface area contributed by atoms with Gasteiger partial charge in [-0.3, -0.25) is 62.8 Å². The third kappa shape index (κ3) is 35.3. The largest absolute Gasteiger partial charge is 0.481 e. The molecule has 3 aromatic heterocycles. The van der Waals surface area contributed by atoms with Crippen LogP contribution < -0.4 is 37.2 Å². The lowest BCUT2D eigenvalue weighted by Gasteiger charge is -2.28. The molecule has 0 bridgehead atoms. The van der Waals surface area contributed by atoms with Crippen molar-refractivity contribution in [2.75, 3.05) is 62.9 Å². The normalized spacial score (nSPS) is 14.9. The number of likely N-dealkylation sites (tertiary alicyclic amines) is 1. The molecule has 4 heterocycles. The molecule has 1 aliphatic rings. The lowest BCUT2D eigenvalue weighted by atomic mass is 9.90. The Kier molecular flexibility index (Phi) is 47.4. The minimum Gasteiger partial charge on any atom is -0.481 e. The second kappa shape index (κ2) is 51.6. The Bertz CT molecular complexity index is 3930. The first-order valence-corrected chi connectivity index (χ1v) is 37.9. The van der Waals surface area contributed by atoms with Crippen LogP contribution in [0.4, 0.5) is 4.39 Å². The Morgan fingerprint density at radius 2 is 0.929 bits per heavy atom. The van der Waals surface area contributed by atoms with E-state index in [9.17, 15) is 52.3 Å². The molecule has 618 valence electrons. The van der Waals surface area contributed by atoms with Crippen molar-refractivity contribution in [3.8, 4) is 33.9 Å². The van der Waals surface area contributed by atoms with E-state index in [0.29, 0.717) is 25.0 Å². The molecule has 7 atom stereocenters. The summed E-state index contributed by atoms with van der Waals surface area (Å²) in [6.07, 6.45) is 13.9. The molecule has 6 aromatic rings. The minimum atomic E-state index is -1.55. The Morgan fingerprint density at radius 1 is 0.509 bits per heavy atom. The maximum Gasteiger partial charge on any atom is 0.317 e. The van der Waals surface area contributed by atoms with E-state index < -0.39 is 29.4 Å². The van der Waals surface area contributed by atoms with Gasteiger partial charge in [0.1, 0.15) is 52.1 Å². The van der Waals surface area contributed by atoms with Crippen molar-refractivity contribution in [2.24, 2.45) is 5.92 Å². The zero-order valence-electron chi connectivity index (χ0n) is 71.5. The number of hydrogen-bond acceptors (Lipinski definition) is 22. The zero-order valence-corrected chi connectivity index (χ0v) is 71.5. The molecule has 112 heavy (non-hydrogen) atoms. The first-order chi connectivity index (χ1) is 52.3. The first-order valence-electron chi connectivity index (χ1n) is 37.9. The molecule has 0 unspecified atom stereocenters. The van der Waals surface area contributed by atoms with Crippen LogP contribution in [-0.4, -0.2) is 203 Å². The number of hydrogen-bond donors (Lipinski definition) is 9. The van der Waals surface area contributed by atoms with Crippen molar-refractivity contribution in [1.29, 1.82) is 0 Å². The van der Waals surface area contributed by atoms with Crippen LogP contribution >= 0.6 is 0 Å². The number of aromatic nitrogens is 4. The van der Waals surface area contributed by atoms with Crippen LogP contribution in [0.1, 0.15) is 176 Å². The summed E-state index contributed by atoms with van der Waals surface area (Å²) in [7, 11) is 14.3. The SMILES string of the molecule is CC(=O)[C@@]1(C)CCCN1C.CCC[C@H](NC)C(C)=O.CC[C@](C)(NC)C(C)=O.CNC(C)(C)C(C)=O.CN[C@@H](CC(C(=O)O)C(=O)O)C(C)=O.CN[C@@H](Cc1ccc(-c2ccc(F)cc2C)nc1)C(C)=O.CN[C@@H](Cc1cnc(-c2ccccc2C)nc1)C(C)=O.CN[C@@](C)(Cc1ccc(-c2ccccc2C)nc1)C(C)=O. The molecule has 1 saturated heterocycles. The van der Waals surface area contributed by atoms with Gasteiger partial charge in [-0.1, -0.05) is 80.9 Å². The second-order valence-electron chi connectivity index (χ2n) is 29.2. The number of rotatable bonds is 31. The quantitative estimate of drug-likeness (QED) is 0.0183. The van der Waals surface area contributed by atoms with Gasteiger partial charge in [0.15, 0.2) is 11.7 Å². The van der Waals surface area contributed by atoms with E-state index >= 15 is 0 Å². The molecule has 3 aromatic carbocycles. The van der Waals surface area contributed by atoms with Crippen LogP contribution in [-0.2, 0) is 67.2 Å². The molecule has 7 rings (SSSR count). The third-order valence-corrected chi connectivity index (χ3v) is 20.7. The number of pyridine rings is 2. The molecule has 1 fully saturated rings. The van der Waals surface area contributed by atoms with Crippen molar-refractivity contribution in [3.63, 3.8) is 0 Å². The van der Waals surface area contributed by atoms with E-state index in [-0.39, 0.29) is 87.5 Å².